The standard InChI is InChI=1S/C41H46ClNO10/c1-27-9-7-12-32(21-27)52-40(48)20-16-28-15-19-37(38(22-28)50-2)53-41(49)25-43-39(47)14-6-4-3-5-13-33-34(36(46)24-35(33)45)18-17-30(44)26-51-31-11-8-10-29(42)23-31/h3,5,7-12,15-23,30,33-36,44-46H,4,6,13-14,24-26H2,1-2H3,(H,43,47)/b5-3-,18-17+,20-16+/t30-,33-,34-,35+,36-/m1/s1. The van der Waals surface area contributed by atoms with Crippen LogP contribution in [0.2, 0.25) is 5.02 Å². The van der Waals surface area contributed by atoms with E-state index in [0.717, 1.165) is 5.56 Å². The van der Waals surface area contributed by atoms with Gasteiger partial charge in [-0.25, -0.2) is 9.59 Å². The second kappa shape index (κ2) is 20.9. The zero-order chi connectivity index (χ0) is 38.2. The van der Waals surface area contributed by atoms with Crippen molar-refractivity contribution < 1.29 is 48.7 Å². The molecule has 0 spiro atoms. The molecule has 0 unspecified atom stereocenters. The molecule has 53 heavy (non-hydrogen) atoms. The number of benzene rings is 3. The highest BCUT2D eigenvalue weighted by molar-refractivity contribution is 6.30. The van der Waals surface area contributed by atoms with E-state index in [-0.39, 0.29) is 55.2 Å². The van der Waals surface area contributed by atoms with E-state index in [1.54, 1.807) is 72.8 Å². The maximum atomic E-state index is 12.4. The molecule has 1 saturated carbocycles. The van der Waals surface area contributed by atoms with Crippen molar-refractivity contribution in [2.24, 2.45) is 11.8 Å². The number of carbonyl (C=O) groups excluding carboxylic acids is 3. The van der Waals surface area contributed by atoms with Gasteiger partial charge in [0.15, 0.2) is 11.5 Å². The van der Waals surface area contributed by atoms with Crippen molar-refractivity contribution in [3.8, 4) is 23.0 Å². The first-order valence-electron chi connectivity index (χ1n) is 17.4. The number of aliphatic hydroxyl groups excluding tert-OH is 3. The number of nitrogens with one attached hydrogen (secondary N) is 1. The molecule has 11 nitrogen and oxygen atoms in total. The third-order valence-electron chi connectivity index (χ3n) is 8.50. The molecule has 4 rings (SSSR count). The molecule has 1 fully saturated rings. The van der Waals surface area contributed by atoms with Gasteiger partial charge >= 0.3 is 11.9 Å². The molecule has 0 radical (unpaired) electrons. The molecular weight excluding hydrogens is 702 g/mol. The summed E-state index contributed by atoms with van der Waals surface area (Å²) in [5.41, 5.74) is 1.58. The van der Waals surface area contributed by atoms with Crippen molar-refractivity contribution in [1.82, 2.24) is 5.32 Å². The lowest BCUT2D eigenvalue weighted by Crippen LogP contribution is -2.31. The Balaban J connectivity index is 1.14. The minimum atomic E-state index is -0.907. The lowest BCUT2D eigenvalue weighted by Gasteiger charge is -2.19. The Kier molecular flexibility index (Phi) is 16.1. The molecule has 1 aliphatic rings. The first kappa shape index (κ1) is 40.8. The molecule has 1 aliphatic carbocycles. The Labute approximate surface area is 314 Å². The number of allylic oxidation sites excluding steroid dienone is 2. The van der Waals surface area contributed by atoms with Gasteiger partial charge in [-0.2, -0.15) is 0 Å². The molecule has 0 heterocycles. The molecule has 3 aromatic rings. The molecule has 0 aliphatic heterocycles. The van der Waals surface area contributed by atoms with Gasteiger partial charge in [-0.3, -0.25) is 4.79 Å². The van der Waals surface area contributed by atoms with E-state index >= 15 is 0 Å². The maximum Gasteiger partial charge on any atom is 0.336 e. The molecule has 0 saturated heterocycles. The Hall–Kier alpha value is -4.94. The van der Waals surface area contributed by atoms with E-state index in [2.05, 4.69) is 5.32 Å². The fourth-order valence-corrected chi connectivity index (χ4v) is 5.97. The number of hydrogen-bond acceptors (Lipinski definition) is 10. The average Bonchev–Trinajstić information content (AvgIpc) is 3.40. The fraction of sp³-hybridized carbons (Fsp3) is 0.341. The lowest BCUT2D eigenvalue weighted by molar-refractivity contribution is -0.135. The van der Waals surface area contributed by atoms with Crippen LogP contribution in [-0.4, -0.2) is 71.7 Å². The van der Waals surface area contributed by atoms with Gasteiger partial charge in [0.25, 0.3) is 0 Å². The fourth-order valence-electron chi connectivity index (χ4n) is 5.79. The first-order valence-corrected chi connectivity index (χ1v) is 17.8. The number of aliphatic hydroxyl groups is 3. The van der Waals surface area contributed by atoms with Crippen molar-refractivity contribution in [3.63, 3.8) is 0 Å². The van der Waals surface area contributed by atoms with Crippen LogP contribution in [0.25, 0.3) is 6.08 Å². The number of ether oxygens (including phenoxy) is 4. The maximum absolute atomic E-state index is 12.4. The van der Waals surface area contributed by atoms with Crippen LogP contribution in [0.1, 0.15) is 43.2 Å². The smallest absolute Gasteiger partial charge is 0.336 e. The monoisotopic (exact) mass is 747 g/mol. The van der Waals surface area contributed by atoms with E-state index in [1.807, 2.05) is 25.1 Å². The number of unbranched alkanes of at least 4 members (excludes halogenated alkanes) is 1. The number of amides is 1. The summed E-state index contributed by atoms with van der Waals surface area (Å²) in [7, 11) is 1.42. The highest BCUT2D eigenvalue weighted by Gasteiger charge is 2.39. The van der Waals surface area contributed by atoms with Crippen molar-refractivity contribution in [1.29, 1.82) is 0 Å². The molecule has 3 aromatic carbocycles. The van der Waals surface area contributed by atoms with Gasteiger partial charge in [0.05, 0.1) is 19.3 Å². The molecule has 1 amide bonds. The van der Waals surface area contributed by atoms with Crippen LogP contribution in [-0.2, 0) is 14.4 Å². The van der Waals surface area contributed by atoms with Crippen LogP contribution in [0.3, 0.4) is 0 Å². The summed E-state index contributed by atoms with van der Waals surface area (Å²) in [6.45, 7) is 1.58. The van der Waals surface area contributed by atoms with Crippen LogP contribution < -0.4 is 24.3 Å². The van der Waals surface area contributed by atoms with Gasteiger partial charge in [0.1, 0.15) is 30.8 Å². The van der Waals surface area contributed by atoms with E-state index in [1.165, 1.54) is 19.3 Å². The second-order valence-electron chi connectivity index (χ2n) is 12.7. The zero-order valence-corrected chi connectivity index (χ0v) is 30.5. The summed E-state index contributed by atoms with van der Waals surface area (Å²) in [6.07, 6.45) is 9.75. The highest BCUT2D eigenvalue weighted by atomic mass is 35.5. The third-order valence-corrected chi connectivity index (χ3v) is 8.73. The van der Waals surface area contributed by atoms with Gasteiger partial charge < -0.3 is 39.6 Å². The molecule has 5 atom stereocenters. The zero-order valence-electron chi connectivity index (χ0n) is 29.7. The Bertz CT molecular complexity index is 1770. The van der Waals surface area contributed by atoms with Crippen molar-refractivity contribution in [2.45, 2.75) is 57.3 Å². The Morgan fingerprint density at radius 1 is 0.962 bits per heavy atom. The SMILES string of the molecule is COc1cc(/C=C/C(=O)Oc2cccc(C)c2)ccc1OC(=O)CNC(=O)CCC/C=C\C[C@@H]1[C@@H](/C=C/[C@@H](O)COc2cccc(Cl)c2)[C@H](O)C[C@@H]1O. The van der Waals surface area contributed by atoms with Crippen molar-refractivity contribution in [2.75, 3.05) is 20.3 Å². The number of aryl methyl sites for hydroxylation is 1. The first-order chi connectivity index (χ1) is 25.5. The van der Waals surface area contributed by atoms with Gasteiger partial charge in [-0.1, -0.05) is 60.2 Å². The molecule has 0 bridgehead atoms. The number of rotatable bonds is 18. The minimum absolute atomic E-state index is 0.0139. The third kappa shape index (κ3) is 13.9. The second-order valence-corrected chi connectivity index (χ2v) is 13.1. The minimum Gasteiger partial charge on any atom is -0.493 e. The van der Waals surface area contributed by atoms with Crippen LogP contribution in [0.5, 0.6) is 23.0 Å². The van der Waals surface area contributed by atoms with E-state index in [4.69, 9.17) is 30.5 Å². The molecule has 4 N–H and O–H groups in total. The van der Waals surface area contributed by atoms with Crippen LogP contribution in [0.4, 0.5) is 0 Å². The number of halogens is 1. The lowest BCUT2D eigenvalue weighted by atomic mass is 9.89. The molecule has 0 aromatic heterocycles. The van der Waals surface area contributed by atoms with Crippen LogP contribution in [0, 0.1) is 18.8 Å². The van der Waals surface area contributed by atoms with Crippen molar-refractivity contribution in [3.05, 3.63) is 113 Å². The van der Waals surface area contributed by atoms with E-state index in [9.17, 15) is 29.7 Å². The summed E-state index contributed by atoms with van der Waals surface area (Å²) < 4.78 is 21.6. The largest absolute Gasteiger partial charge is 0.493 e. The van der Waals surface area contributed by atoms with Gasteiger partial charge in [0, 0.05) is 29.9 Å². The van der Waals surface area contributed by atoms with Crippen LogP contribution >= 0.6 is 11.6 Å². The number of methoxy groups -OCH3 is 1. The number of carbonyl (C=O) groups is 3. The van der Waals surface area contributed by atoms with E-state index in [0.29, 0.717) is 41.3 Å². The summed E-state index contributed by atoms with van der Waals surface area (Å²) >= 11 is 5.96. The molecule has 12 heteroatoms. The van der Waals surface area contributed by atoms with Gasteiger partial charge in [-0.05, 0) is 91.8 Å². The van der Waals surface area contributed by atoms with Gasteiger partial charge in [0.2, 0.25) is 5.91 Å². The topological polar surface area (TPSA) is 161 Å². The predicted octanol–water partition coefficient (Wildman–Crippen LogP) is 5.77. The normalized spacial score (nSPS) is 19.1. The Morgan fingerprint density at radius 3 is 2.53 bits per heavy atom. The number of esters is 2. The van der Waals surface area contributed by atoms with Crippen molar-refractivity contribution >= 4 is 35.5 Å². The quantitative estimate of drug-likeness (QED) is 0.0414. The predicted molar refractivity (Wildman–Crippen MR) is 201 cm³/mol. The summed E-state index contributed by atoms with van der Waals surface area (Å²) in [5, 5.41) is 34.5. The summed E-state index contributed by atoms with van der Waals surface area (Å²) in [6, 6.07) is 18.8. The Morgan fingerprint density at radius 2 is 1.75 bits per heavy atom. The van der Waals surface area contributed by atoms with Gasteiger partial charge in [-0.15, -0.1) is 0 Å². The van der Waals surface area contributed by atoms with E-state index < -0.39 is 30.3 Å². The summed E-state index contributed by atoms with van der Waals surface area (Å²) in [5.74, 6) is -0.689. The molecular formula is C41H46ClNO10. The number of hydrogen-bond donors (Lipinski definition) is 4. The average molecular weight is 748 g/mol. The summed E-state index contributed by atoms with van der Waals surface area (Å²) in [4.78, 5) is 37.0. The molecule has 282 valence electrons. The highest BCUT2D eigenvalue weighted by Crippen LogP contribution is 2.36. The van der Waals surface area contributed by atoms with Crippen LogP contribution in [0.15, 0.2) is 97.1 Å².